The van der Waals surface area contributed by atoms with Crippen LogP contribution in [0.5, 0.6) is 0 Å². The molecule has 12 heavy (non-hydrogen) atoms. The number of hydrogen-bond acceptors (Lipinski definition) is 2. The smallest absolute Gasteiger partial charge is 0.133 e. The zero-order chi connectivity index (χ0) is 9.14. The van der Waals surface area contributed by atoms with Crippen LogP contribution in [0.3, 0.4) is 0 Å². The van der Waals surface area contributed by atoms with Crippen LogP contribution in [0.1, 0.15) is 13.8 Å². The van der Waals surface area contributed by atoms with Gasteiger partial charge in [-0.25, -0.2) is 0 Å². The van der Waals surface area contributed by atoms with E-state index in [2.05, 4.69) is 36.3 Å². The van der Waals surface area contributed by atoms with Gasteiger partial charge in [-0.05, 0) is 13.8 Å². The number of nitrogens with zero attached hydrogens (tertiary/aromatic N) is 2. The molecule has 2 nitrogen and oxygen atoms in total. The van der Waals surface area contributed by atoms with Crippen molar-refractivity contribution in [3.8, 4) is 0 Å². The molecule has 0 radical (unpaired) electrons. The van der Waals surface area contributed by atoms with Gasteiger partial charge in [0.1, 0.15) is 4.32 Å². The van der Waals surface area contributed by atoms with Crippen LogP contribution in [-0.4, -0.2) is 46.3 Å². The number of thiocarbonyl (C=S) groups is 1. The second-order valence-electron chi connectivity index (χ2n) is 3.40. The minimum Gasteiger partial charge on any atom is -0.355 e. The fourth-order valence-corrected chi connectivity index (χ4v) is 1.81. The average molecular weight is 204 g/mol. The maximum absolute atomic E-state index is 4.99. The largest absolute Gasteiger partial charge is 0.355 e. The molecule has 1 fully saturated rings. The Labute approximate surface area is 85.3 Å². The molecule has 1 rings (SSSR count). The Morgan fingerprint density at radius 1 is 1.25 bits per heavy atom. The zero-order valence-electron chi connectivity index (χ0n) is 7.66. The van der Waals surface area contributed by atoms with Gasteiger partial charge in [-0.2, -0.15) is 0 Å². The molecule has 0 N–H and O–H groups in total. The van der Waals surface area contributed by atoms with Crippen molar-refractivity contribution in [2.45, 2.75) is 19.9 Å². The van der Waals surface area contributed by atoms with Gasteiger partial charge in [-0.15, -0.1) is 12.6 Å². The van der Waals surface area contributed by atoms with Crippen molar-refractivity contribution in [3.63, 3.8) is 0 Å². The average Bonchev–Trinajstić information content (AvgIpc) is 2.04. The van der Waals surface area contributed by atoms with Crippen molar-refractivity contribution in [2.24, 2.45) is 0 Å². The van der Waals surface area contributed by atoms with Crippen LogP contribution in [0.25, 0.3) is 0 Å². The van der Waals surface area contributed by atoms with Crippen LogP contribution in [0.15, 0.2) is 0 Å². The van der Waals surface area contributed by atoms with Gasteiger partial charge in [0.2, 0.25) is 0 Å². The van der Waals surface area contributed by atoms with E-state index in [0.29, 0.717) is 6.04 Å². The minimum atomic E-state index is 0.653. The van der Waals surface area contributed by atoms with E-state index in [9.17, 15) is 0 Å². The Kier molecular flexibility index (Phi) is 3.80. The highest BCUT2D eigenvalue weighted by Gasteiger charge is 2.18. The van der Waals surface area contributed by atoms with Crippen molar-refractivity contribution < 1.29 is 0 Å². The first-order valence-electron chi connectivity index (χ1n) is 4.33. The summed E-state index contributed by atoms with van der Waals surface area (Å²) in [5, 5.41) is 0. The predicted octanol–water partition coefficient (Wildman–Crippen LogP) is 1.23. The Balaban J connectivity index is 2.34. The quantitative estimate of drug-likeness (QED) is 0.507. The molecule has 0 spiro atoms. The van der Waals surface area contributed by atoms with Gasteiger partial charge in [0.15, 0.2) is 0 Å². The summed E-state index contributed by atoms with van der Waals surface area (Å²) in [6.45, 7) is 8.74. The monoisotopic (exact) mass is 204 g/mol. The summed E-state index contributed by atoms with van der Waals surface area (Å²) < 4.78 is 0.735. The Bertz CT molecular complexity index is 162. The third kappa shape index (κ3) is 2.61. The fraction of sp³-hybridized carbons (Fsp3) is 0.875. The van der Waals surface area contributed by atoms with Crippen LogP contribution in [-0.2, 0) is 0 Å². The molecule has 70 valence electrons. The maximum Gasteiger partial charge on any atom is 0.133 e. The molecule has 0 aromatic carbocycles. The highest BCUT2D eigenvalue weighted by molar-refractivity contribution is 8.10. The van der Waals surface area contributed by atoms with E-state index in [-0.39, 0.29) is 0 Å². The number of rotatable bonds is 1. The molecule has 0 amide bonds. The number of piperazine rings is 1. The molecular weight excluding hydrogens is 188 g/mol. The second kappa shape index (κ2) is 4.44. The number of thiol groups is 1. The zero-order valence-corrected chi connectivity index (χ0v) is 9.37. The minimum absolute atomic E-state index is 0.653. The summed E-state index contributed by atoms with van der Waals surface area (Å²) >= 11 is 9.15. The van der Waals surface area contributed by atoms with E-state index in [1.165, 1.54) is 0 Å². The van der Waals surface area contributed by atoms with E-state index in [1.807, 2.05) is 0 Å². The Morgan fingerprint density at radius 3 is 2.08 bits per heavy atom. The van der Waals surface area contributed by atoms with Crippen LogP contribution in [0.4, 0.5) is 0 Å². The molecule has 0 unspecified atom stereocenters. The third-order valence-electron chi connectivity index (χ3n) is 2.32. The molecule has 0 aromatic rings. The highest BCUT2D eigenvalue weighted by atomic mass is 32.1. The predicted molar refractivity (Wildman–Crippen MR) is 59.9 cm³/mol. The molecule has 1 aliphatic rings. The van der Waals surface area contributed by atoms with E-state index >= 15 is 0 Å². The summed E-state index contributed by atoms with van der Waals surface area (Å²) in [6, 6.07) is 0.653. The van der Waals surface area contributed by atoms with Gasteiger partial charge < -0.3 is 4.90 Å². The molecule has 0 aromatic heterocycles. The van der Waals surface area contributed by atoms with Crippen LogP contribution in [0, 0.1) is 0 Å². The summed E-state index contributed by atoms with van der Waals surface area (Å²) in [6.07, 6.45) is 0. The lowest BCUT2D eigenvalue weighted by molar-refractivity contribution is 0.151. The van der Waals surface area contributed by atoms with Gasteiger partial charge >= 0.3 is 0 Å². The van der Waals surface area contributed by atoms with Gasteiger partial charge in [0, 0.05) is 32.2 Å². The molecule has 0 bridgehead atoms. The van der Waals surface area contributed by atoms with E-state index in [1.54, 1.807) is 0 Å². The lowest BCUT2D eigenvalue weighted by Crippen LogP contribution is -2.49. The molecule has 1 aliphatic heterocycles. The lowest BCUT2D eigenvalue weighted by Gasteiger charge is -2.37. The van der Waals surface area contributed by atoms with Crippen molar-refractivity contribution in [3.05, 3.63) is 0 Å². The SMILES string of the molecule is CC(C)N1CCN(C(=S)S)CC1. The molecule has 0 atom stereocenters. The molecule has 4 heteroatoms. The van der Waals surface area contributed by atoms with E-state index in [4.69, 9.17) is 12.2 Å². The van der Waals surface area contributed by atoms with Gasteiger partial charge in [0.05, 0.1) is 0 Å². The molecule has 1 saturated heterocycles. The highest BCUT2D eigenvalue weighted by Crippen LogP contribution is 2.07. The lowest BCUT2D eigenvalue weighted by atomic mass is 10.2. The Hall–Kier alpha value is 0.200. The van der Waals surface area contributed by atoms with Crippen LogP contribution < -0.4 is 0 Å². The van der Waals surface area contributed by atoms with Crippen LogP contribution >= 0.6 is 24.8 Å². The normalized spacial score (nSPS) is 20.2. The summed E-state index contributed by atoms with van der Waals surface area (Å²) in [5.41, 5.74) is 0. The van der Waals surface area contributed by atoms with Gasteiger partial charge in [-0.1, -0.05) is 12.2 Å². The third-order valence-corrected chi connectivity index (χ3v) is 2.86. The van der Waals surface area contributed by atoms with Crippen molar-refractivity contribution in [2.75, 3.05) is 26.2 Å². The maximum atomic E-state index is 4.99. The van der Waals surface area contributed by atoms with Crippen LogP contribution in [0.2, 0.25) is 0 Å². The topological polar surface area (TPSA) is 6.48 Å². The summed E-state index contributed by atoms with van der Waals surface area (Å²) in [4.78, 5) is 4.61. The van der Waals surface area contributed by atoms with E-state index in [0.717, 1.165) is 30.5 Å². The number of hydrogen-bond donors (Lipinski definition) is 1. The first-order chi connectivity index (χ1) is 5.61. The summed E-state index contributed by atoms with van der Waals surface area (Å²) in [5.74, 6) is 0. The second-order valence-corrected chi connectivity index (χ2v) is 4.51. The standard InChI is InChI=1S/C8H16N2S2/c1-7(2)9-3-5-10(6-4-9)8(11)12/h7H,3-6H2,1-2H3,(H,11,12). The molecule has 0 aliphatic carbocycles. The molecular formula is C8H16N2S2. The molecule has 0 saturated carbocycles. The van der Waals surface area contributed by atoms with Crippen molar-refractivity contribution in [1.82, 2.24) is 9.80 Å². The molecule has 1 heterocycles. The first kappa shape index (κ1) is 10.3. The van der Waals surface area contributed by atoms with Crippen molar-refractivity contribution >= 4 is 29.2 Å². The van der Waals surface area contributed by atoms with Gasteiger partial charge in [-0.3, -0.25) is 4.90 Å². The van der Waals surface area contributed by atoms with E-state index < -0.39 is 0 Å². The summed E-state index contributed by atoms with van der Waals surface area (Å²) in [7, 11) is 0. The van der Waals surface area contributed by atoms with Gasteiger partial charge in [0.25, 0.3) is 0 Å². The fourth-order valence-electron chi connectivity index (χ4n) is 1.43. The Morgan fingerprint density at radius 2 is 1.75 bits per heavy atom. The first-order valence-corrected chi connectivity index (χ1v) is 5.18. The van der Waals surface area contributed by atoms with Crippen molar-refractivity contribution in [1.29, 1.82) is 0 Å².